The summed E-state index contributed by atoms with van der Waals surface area (Å²) in [6.07, 6.45) is 4.26. The lowest BCUT2D eigenvalue weighted by Gasteiger charge is -2.33. The fourth-order valence-electron chi connectivity index (χ4n) is 2.74. The molecule has 0 saturated carbocycles. The van der Waals surface area contributed by atoms with Crippen molar-refractivity contribution in [3.8, 4) is 0 Å². The Morgan fingerprint density at radius 1 is 1.20 bits per heavy atom. The van der Waals surface area contributed by atoms with Crippen molar-refractivity contribution in [1.29, 1.82) is 0 Å². The molecule has 0 aromatic rings. The van der Waals surface area contributed by atoms with Gasteiger partial charge >= 0.3 is 5.97 Å². The molecule has 2 aliphatic rings. The molecule has 0 bridgehead atoms. The van der Waals surface area contributed by atoms with Crippen LogP contribution in [0.2, 0.25) is 0 Å². The molecule has 1 unspecified atom stereocenters. The predicted molar refractivity (Wildman–Crippen MR) is 71.3 cm³/mol. The molecule has 0 radical (unpaired) electrons. The van der Waals surface area contributed by atoms with Gasteiger partial charge in [-0.25, -0.2) is 0 Å². The topological polar surface area (TPSA) is 84.9 Å². The number of amides is 1. The fourth-order valence-corrected chi connectivity index (χ4v) is 2.74. The van der Waals surface area contributed by atoms with Crippen molar-refractivity contribution in [1.82, 2.24) is 5.32 Å². The van der Waals surface area contributed by atoms with Crippen LogP contribution in [-0.4, -0.2) is 49.5 Å². The van der Waals surface area contributed by atoms with Gasteiger partial charge in [0.15, 0.2) is 0 Å². The quantitative estimate of drug-likeness (QED) is 0.785. The van der Waals surface area contributed by atoms with Crippen molar-refractivity contribution < 1.29 is 24.2 Å². The second-order valence-electron chi connectivity index (χ2n) is 5.67. The Morgan fingerprint density at radius 2 is 1.95 bits per heavy atom. The lowest BCUT2D eigenvalue weighted by Crippen LogP contribution is -2.47. The Labute approximate surface area is 118 Å². The van der Waals surface area contributed by atoms with Crippen LogP contribution in [0, 0.1) is 5.41 Å². The Kier molecular flexibility index (Phi) is 5.37. The van der Waals surface area contributed by atoms with Gasteiger partial charge in [-0.3, -0.25) is 9.59 Å². The van der Waals surface area contributed by atoms with Gasteiger partial charge in [0.1, 0.15) is 0 Å². The van der Waals surface area contributed by atoms with Crippen molar-refractivity contribution in [2.45, 2.75) is 44.6 Å². The van der Waals surface area contributed by atoms with Gasteiger partial charge in [0.25, 0.3) is 0 Å². The molecule has 0 aliphatic carbocycles. The molecule has 2 heterocycles. The van der Waals surface area contributed by atoms with Crippen LogP contribution in [0.1, 0.15) is 38.5 Å². The Morgan fingerprint density at radius 3 is 2.55 bits per heavy atom. The van der Waals surface area contributed by atoms with Crippen molar-refractivity contribution in [2.75, 3.05) is 26.4 Å². The third-order valence-electron chi connectivity index (χ3n) is 4.21. The predicted octanol–water partition coefficient (Wildman–Crippen LogP) is 0.943. The Balaban J connectivity index is 1.79. The molecule has 2 aliphatic heterocycles. The number of carboxylic acid groups (broad SMARTS) is 1. The van der Waals surface area contributed by atoms with E-state index in [0.717, 1.165) is 19.3 Å². The first-order chi connectivity index (χ1) is 9.62. The summed E-state index contributed by atoms with van der Waals surface area (Å²) in [4.78, 5) is 23.4. The monoisotopic (exact) mass is 285 g/mol. The summed E-state index contributed by atoms with van der Waals surface area (Å²) in [5, 5.41) is 12.2. The van der Waals surface area contributed by atoms with E-state index in [1.165, 1.54) is 0 Å². The third-order valence-corrected chi connectivity index (χ3v) is 4.21. The number of nitrogens with one attached hydrogen (secondary N) is 1. The summed E-state index contributed by atoms with van der Waals surface area (Å²) < 4.78 is 10.7. The average molecular weight is 285 g/mol. The molecular formula is C14H23NO5. The highest BCUT2D eigenvalue weighted by Gasteiger charge is 2.40. The lowest BCUT2D eigenvalue weighted by molar-refractivity contribution is -0.154. The number of rotatable bonds is 5. The van der Waals surface area contributed by atoms with Crippen LogP contribution >= 0.6 is 0 Å². The SMILES string of the molecule is O=C(CC1CCCCO1)NCC1(C(=O)O)CCOCC1. The van der Waals surface area contributed by atoms with Gasteiger partial charge < -0.3 is 19.9 Å². The molecule has 6 heteroatoms. The second-order valence-corrected chi connectivity index (χ2v) is 5.67. The highest BCUT2D eigenvalue weighted by molar-refractivity contribution is 5.79. The van der Waals surface area contributed by atoms with Gasteiger partial charge in [-0.05, 0) is 32.1 Å². The molecule has 2 rings (SSSR count). The summed E-state index contributed by atoms with van der Waals surface area (Å²) in [6.45, 7) is 1.77. The minimum atomic E-state index is -0.874. The van der Waals surface area contributed by atoms with E-state index in [2.05, 4.69) is 5.32 Å². The Hall–Kier alpha value is -1.14. The van der Waals surface area contributed by atoms with E-state index in [-0.39, 0.29) is 18.6 Å². The van der Waals surface area contributed by atoms with Crippen LogP contribution in [0.25, 0.3) is 0 Å². The molecule has 114 valence electrons. The van der Waals surface area contributed by atoms with Gasteiger partial charge in [-0.2, -0.15) is 0 Å². The van der Waals surface area contributed by atoms with E-state index in [0.29, 0.717) is 39.1 Å². The molecule has 2 saturated heterocycles. The van der Waals surface area contributed by atoms with Crippen LogP contribution in [0.3, 0.4) is 0 Å². The van der Waals surface area contributed by atoms with Crippen molar-refractivity contribution in [3.05, 3.63) is 0 Å². The molecule has 6 nitrogen and oxygen atoms in total. The van der Waals surface area contributed by atoms with Crippen molar-refractivity contribution >= 4 is 11.9 Å². The van der Waals surface area contributed by atoms with Gasteiger partial charge in [0.05, 0.1) is 17.9 Å². The van der Waals surface area contributed by atoms with Gasteiger partial charge in [0.2, 0.25) is 5.91 Å². The summed E-state index contributed by atoms with van der Waals surface area (Å²) >= 11 is 0. The first-order valence-electron chi connectivity index (χ1n) is 7.32. The van der Waals surface area contributed by atoms with Crippen molar-refractivity contribution in [2.24, 2.45) is 5.41 Å². The van der Waals surface area contributed by atoms with Crippen LogP contribution < -0.4 is 5.32 Å². The summed E-state index contributed by atoms with van der Waals surface area (Å²) in [7, 11) is 0. The van der Waals surface area contributed by atoms with Crippen LogP contribution in [0.15, 0.2) is 0 Å². The minimum Gasteiger partial charge on any atom is -0.481 e. The Bertz CT molecular complexity index is 345. The number of hydrogen-bond acceptors (Lipinski definition) is 4. The molecule has 2 fully saturated rings. The smallest absolute Gasteiger partial charge is 0.311 e. The zero-order chi connectivity index (χ0) is 14.4. The van der Waals surface area contributed by atoms with E-state index < -0.39 is 11.4 Å². The lowest BCUT2D eigenvalue weighted by atomic mass is 9.80. The standard InChI is InChI=1S/C14H23NO5/c16-12(9-11-3-1-2-6-20-11)15-10-14(13(17)18)4-7-19-8-5-14/h11H,1-10H2,(H,15,16)(H,17,18). The van der Waals surface area contributed by atoms with Crippen LogP contribution in [0.5, 0.6) is 0 Å². The number of hydrogen-bond donors (Lipinski definition) is 2. The highest BCUT2D eigenvalue weighted by atomic mass is 16.5. The number of carbonyl (C=O) groups excluding carboxylic acids is 1. The number of aliphatic carboxylic acids is 1. The van der Waals surface area contributed by atoms with Crippen LogP contribution in [0.4, 0.5) is 0 Å². The molecular weight excluding hydrogens is 262 g/mol. The molecule has 1 amide bonds. The molecule has 0 aromatic heterocycles. The largest absolute Gasteiger partial charge is 0.481 e. The van der Waals surface area contributed by atoms with Crippen molar-refractivity contribution in [3.63, 3.8) is 0 Å². The molecule has 2 N–H and O–H groups in total. The normalized spacial score (nSPS) is 25.9. The van der Waals surface area contributed by atoms with Crippen LogP contribution in [-0.2, 0) is 19.1 Å². The zero-order valence-electron chi connectivity index (χ0n) is 11.7. The molecule has 0 spiro atoms. The summed E-state index contributed by atoms with van der Waals surface area (Å²) in [6, 6.07) is 0. The van der Waals surface area contributed by atoms with E-state index in [1.807, 2.05) is 0 Å². The van der Waals surface area contributed by atoms with Gasteiger partial charge in [-0.15, -0.1) is 0 Å². The van der Waals surface area contributed by atoms with E-state index in [9.17, 15) is 14.7 Å². The first-order valence-corrected chi connectivity index (χ1v) is 7.32. The molecule has 20 heavy (non-hydrogen) atoms. The average Bonchev–Trinajstić information content (AvgIpc) is 2.47. The maximum atomic E-state index is 11.9. The molecule has 0 aromatic carbocycles. The minimum absolute atomic E-state index is 0.0146. The highest BCUT2D eigenvalue weighted by Crippen LogP contribution is 2.30. The maximum Gasteiger partial charge on any atom is 0.311 e. The number of carbonyl (C=O) groups is 2. The second kappa shape index (κ2) is 7.04. The van der Waals surface area contributed by atoms with E-state index in [4.69, 9.17) is 9.47 Å². The first kappa shape index (κ1) is 15.3. The van der Waals surface area contributed by atoms with E-state index in [1.54, 1.807) is 0 Å². The van der Waals surface area contributed by atoms with Gasteiger partial charge in [0, 0.05) is 26.4 Å². The summed E-state index contributed by atoms with van der Waals surface area (Å²) in [5.74, 6) is -0.973. The third kappa shape index (κ3) is 3.93. The number of carboxylic acids is 1. The fraction of sp³-hybridized carbons (Fsp3) is 0.857. The maximum absolute atomic E-state index is 11.9. The molecule has 1 atom stereocenters. The van der Waals surface area contributed by atoms with Gasteiger partial charge in [-0.1, -0.05) is 0 Å². The number of ether oxygens (including phenoxy) is 2. The zero-order valence-corrected chi connectivity index (χ0v) is 11.7. The summed E-state index contributed by atoms with van der Waals surface area (Å²) in [5.41, 5.74) is -0.874. The van der Waals surface area contributed by atoms with E-state index >= 15 is 0 Å².